The van der Waals surface area contributed by atoms with E-state index in [1.54, 1.807) is 5.56 Å². The molecule has 0 radical (unpaired) electrons. The maximum atomic E-state index is 3.60. The second kappa shape index (κ2) is 4.56. The molecule has 1 aromatic heterocycles. The summed E-state index contributed by atoms with van der Waals surface area (Å²) in [6, 6.07) is 8.73. The highest BCUT2D eigenvalue weighted by Crippen LogP contribution is 2.34. The van der Waals surface area contributed by atoms with Gasteiger partial charge in [-0.2, -0.15) is 0 Å². The Morgan fingerprint density at radius 2 is 2.06 bits per heavy atom. The molecule has 0 fully saturated rings. The molecule has 1 unspecified atom stereocenters. The van der Waals surface area contributed by atoms with Crippen LogP contribution in [0.15, 0.2) is 24.3 Å². The standard InChI is InChI=1S/C16H21N/c1-2-3-4-7-12-10-14-13-8-5-6-9-15(13)17-16(14)11-12/h5-6,8-9,12,17H,2-4,7,10-11H2,1H3. The molecule has 1 N–H and O–H groups in total. The number of rotatable bonds is 4. The van der Waals surface area contributed by atoms with Crippen molar-refractivity contribution < 1.29 is 0 Å². The average Bonchev–Trinajstić information content (AvgIpc) is 2.86. The van der Waals surface area contributed by atoms with Crippen molar-refractivity contribution in [3.63, 3.8) is 0 Å². The van der Waals surface area contributed by atoms with Crippen molar-refractivity contribution >= 4 is 10.9 Å². The van der Waals surface area contributed by atoms with Crippen LogP contribution in [0.2, 0.25) is 0 Å². The zero-order chi connectivity index (χ0) is 11.7. The maximum Gasteiger partial charge on any atom is 0.0458 e. The van der Waals surface area contributed by atoms with Gasteiger partial charge >= 0.3 is 0 Å². The fourth-order valence-corrected chi connectivity index (χ4v) is 3.20. The minimum atomic E-state index is 0.896. The summed E-state index contributed by atoms with van der Waals surface area (Å²) >= 11 is 0. The Balaban J connectivity index is 1.75. The van der Waals surface area contributed by atoms with Crippen LogP contribution in [0.5, 0.6) is 0 Å². The Bertz CT molecular complexity index is 509. The van der Waals surface area contributed by atoms with Crippen molar-refractivity contribution in [3.05, 3.63) is 35.5 Å². The molecule has 0 amide bonds. The minimum absolute atomic E-state index is 0.896. The third-order valence-electron chi connectivity index (χ3n) is 4.10. The van der Waals surface area contributed by atoms with Crippen molar-refractivity contribution in [3.8, 4) is 0 Å². The first-order valence-corrected chi connectivity index (χ1v) is 6.97. The average molecular weight is 227 g/mol. The largest absolute Gasteiger partial charge is 0.358 e. The second-order valence-corrected chi connectivity index (χ2v) is 5.40. The quantitative estimate of drug-likeness (QED) is 0.742. The van der Waals surface area contributed by atoms with Crippen LogP contribution >= 0.6 is 0 Å². The van der Waals surface area contributed by atoms with Crippen LogP contribution in [0.4, 0.5) is 0 Å². The van der Waals surface area contributed by atoms with Gasteiger partial charge in [-0.1, -0.05) is 44.4 Å². The summed E-state index contributed by atoms with van der Waals surface area (Å²) in [5, 5.41) is 1.46. The van der Waals surface area contributed by atoms with E-state index in [0.29, 0.717) is 0 Å². The number of fused-ring (bicyclic) bond motifs is 3. The summed E-state index contributed by atoms with van der Waals surface area (Å²) < 4.78 is 0. The van der Waals surface area contributed by atoms with Gasteiger partial charge in [0.1, 0.15) is 0 Å². The van der Waals surface area contributed by atoms with Gasteiger partial charge in [0.15, 0.2) is 0 Å². The van der Waals surface area contributed by atoms with Crippen molar-refractivity contribution in [1.82, 2.24) is 4.98 Å². The van der Waals surface area contributed by atoms with Gasteiger partial charge in [0.2, 0.25) is 0 Å². The van der Waals surface area contributed by atoms with Crippen LogP contribution in [0.25, 0.3) is 10.9 Å². The number of H-pyrrole nitrogens is 1. The molecule has 1 nitrogen and oxygen atoms in total. The molecule has 1 aromatic carbocycles. The first-order valence-electron chi connectivity index (χ1n) is 6.97. The lowest BCUT2D eigenvalue weighted by molar-refractivity contribution is 0.478. The van der Waals surface area contributed by atoms with Crippen LogP contribution in [0, 0.1) is 5.92 Å². The van der Waals surface area contributed by atoms with Gasteiger partial charge < -0.3 is 4.98 Å². The first-order chi connectivity index (χ1) is 8.38. The highest BCUT2D eigenvalue weighted by atomic mass is 14.7. The number of aromatic nitrogens is 1. The molecule has 0 bridgehead atoms. The van der Waals surface area contributed by atoms with Crippen LogP contribution < -0.4 is 0 Å². The SMILES string of the molecule is CCCCCC1Cc2[nH]c3ccccc3c2C1. The topological polar surface area (TPSA) is 15.8 Å². The number of para-hydroxylation sites is 1. The Labute approximate surface area is 103 Å². The van der Waals surface area contributed by atoms with E-state index in [9.17, 15) is 0 Å². The molecular weight excluding hydrogens is 206 g/mol. The van der Waals surface area contributed by atoms with E-state index in [4.69, 9.17) is 0 Å². The summed E-state index contributed by atoms with van der Waals surface area (Å²) in [7, 11) is 0. The number of unbranched alkanes of at least 4 members (excludes halogenated alkanes) is 2. The Hall–Kier alpha value is -1.24. The smallest absolute Gasteiger partial charge is 0.0458 e. The van der Waals surface area contributed by atoms with Crippen molar-refractivity contribution in [2.24, 2.45) is 5.92 Å². The molecule has 17 heavy (non-hydrogen) atoms. The summed E-state index contributed by atoms with van der Waals surface area (Å²) in [5.74, 6) is 0.896. The van der Waals surface area contributed by atoms with Crippen LogP contribution in [0.1, 0.15) is 43.9 Å². The van der Waals surface area contributed by atoms with Gasteiger partial charge in [0, 0.05) is 16.6 Å². The summed E-state index contributed by atoms with van der Waals surface area (Å²) in [4.78, 5) is 3.60. The van der Waals surface area contributed by atoms with E-state index in [-0.39, 0.29) is 0 Å². The molecule has 0 saturated carbocycles. The number of hydrogen-bond donors (Lipinski definition) is 1. The van der Waals surface area contributed by atoms with Crippen molar-refractivity contribution in [2.75, 3.05) is 0 Å². The number of hydrogen-bond acceptors (Lipinski definition) is 0. The highest BCUT2D eigenvalue weighted by Gasteiger charge is 2.24. The molecule has 1 heterocycles. The maximum absolute atomic E-state index is 3.60. The van der Waals surface area contributed by atoms with Gasteiger partial charge in [-0.05, 0) is 36.8 Å². The van der Waals surface area contributed by atoms with E-state index >= 15 is 0 Å². The molecule has 1 aliphatic rings. The Kier molecular flexibility index (Phi) is 2.92. The number of benzene rings is 1. The van der Waals surface area contributed by atoms with Gasteiger partial charge in [0.25, 0.3) is 0 Å². The normalized spacial score (nSPS) is 18.8. The third kappa shape index (κ3) is 1.99. The molecule has 1 atom stereocenters. The molecule has 90 valence electrons. The van der Waals surface area contributed by atoms with Gasteiger partial charge in [0.05, 0.1) is 0 Å². The predicted octanol–water partition coefficient (Wildman–Crippen LogP) is 4.46. The lowest BCUT2D eigenvalue weighted by Crippen LogP contribution is -2.00. The first kappa shape index (κ1) is 10.9. The molecule has 3 rings (SSSR count). The summed E-state index contributed by atoms with van der Waals surface area (Å²) in [6.07, 6.45) is 8.11. The second-order valence-electron chi connectivity index (χ2n) is 5.40. The molecule has 0 aliphatic heterocycles. The van der Waals surface area contributed by atoms with Crippen LogP contribution in [-0.2, 0) is 12.8 Å². The van der Waals surface area contributed by atoms with E-state index in [1.807, 2.05) is 0 Å². The molecule has 0 saturated heterocycles. The Morgan fingerprint density at radius 3 is 2.94 bits per heavy atom. The lowest BCUT2D eigenvalue weighted by Gasteiger charge is -2.08. The van der Waals surface area contributed by atoms with Gasteiger partial charge in [-0.3, -0.25) is 0 Å². The third-order valence-corrected chi connectivity index (χ3v) is 4.10. The van der Waals surface area contributed by atoms with E-state index in [0.717, 1.165) is 5.92 Å². The number of nitrogens with one attached hydrogen (secondary N) is 1. The van der Waals surface area contributed by atoms with Gasteiger partial charge in [-0.15, -0.1) is 0 Å². The van der Waals surface area contributed by atoms with Crippen LogP contribution in [0.3, 0.4) is 0 Å². The molecular formula is C16H21N. The molecule has 2 aromatic rings. The molecule has 0 spiro atoms. The molecule has 1 aliphatic carbocycles. The fourth-order valence-electron chi connectivity index (χ4n) is 3.20. The fraction of sp³-hybridized carbons (Fsp3) is 0.500. The highest BCUT2D eigenvalue weighted by molar-refractivity contribution is 5.85. The van der Waals surface area contributed by atoms with E-state index < -0.39 is 0 Å². The minimum Gasteiger partial charge on any atom is -0.358 e. The van der Waals surface area contributed by atoms with Crippen molar-refractivity contribution in [2.45, 2.75) is 45.4 Å². The predicted molar refractivity (Wildman–Crippen MR) is 73.3 cm³/mol. The Morgan fingerprint density at radius 1 is 1.18 bits per heavy atom. The summed E-state index contributed by atoms with van der Waals surface area (Å²) in [5.41, 5.74) is 4.43. The molecule has 1 heteroatoms. The van der Waals surface area contributed by atoms with Crippen molar-refractivity contribution in [1.29, 1.82) is 0 Å². The zero-order valence-corrected chi connectivity index (χ0v) is 10.6. The lowest BCUT2D eigenvalue weighted by atomic mass is 9.98. The van der Waals surface area contributed by atoms with E-state index in [1.165, 1.54) is 55.1 Å². The van der Waals surface area contributed by atoms with Crippen LogP contribution in [-0.4, -0.2) is 4.98 Å². The van der Waals surface area contributed by atoms with Gasteiger partial charge in [-0.25, -0.2) is 0 Å². The summed E-state index contributed by atoms with van der Waals surface area (Å²) in [6.45, 7) is 2.28. The van der Waals surface area contributed by atoms with E-state index in [2.05, 4.69) is 36.2 Å². The monoisotopic (exact) mass is 227 g/mol. The zero-order valence-electron chi connectivity index (χ0n) is 10.6. The number of aromatic amines is 1.